The van der Waals surface area contributed by atoms with E-state index in [1.807, 2.05) is 30.3 Å². The minimum Gasteiger partial charge on any atom is -0.439 e. The minimum absolute atomic E-state index is 0.0443. The Morgan fingerprint density at radius 3 is 2.58 bits per heavy atom. The molecule has 2 unspecified atom stereocenters. The molecule has 2 aliphatic heterocycles. The van der Waals surface area contributed by atoms with E-state index in [1.165, 1.54) is 0 Å². The summed E-state index contributed by atoms with van der Waals surface area (Å²) in [5.74, 6) is -0.0443. The Morgan fingerprint density at radius 1 is 1.21 bits per heavy atom. The van der Waals surface area contributed by atoms with E-state index in [9.17, 15) is 9.59 Å². The van der Waals surface area contributed by atoms with Crippen LogP contribution in [-0.2, 0) is 9.53 Å². The maximum atomic E-state index is 12.4. The van der Waals surface area contributed by atoms with Crippen molar-refractivity contribution in [1.29, 1.82) is 0 Å². The van der Waals surface area contributed by atoms with Crippen molar-refractivity contribution in [1.82, 2.24) is 10.2 Å². The molecule has 2 amide bonds. The summed E-state index contributed by atoms with van der Waals surface area (Å²) < 4.78 is 5.24. The van der Waals surface area contributed by atoms with Crippen molar-refractivity contribution in [3.05, 3.63) is 35.9 Å². The molecule has 0 saturated carbocycles. The number of hydrogen-bond donors (Lipinski definition) is 1. The third-order valence-corrected chi connectivity index (χ3v) is 3.62. The number of benzene rings is 1. The summed E-state index contributed by atoms with van der Waals surface area (Å²) in [6.07, 6.45) is 1.01. The number of cyclic esters (lactones) is 1. The molecule has 0 aromatic heterocycles. The highest BCUT2D eigenvalue weighted by Gasteiger charge is 2.42. The largest absolute Gasteiger partial charge is 0.439 e. The summed E-state index contributed by atoms with van der Waals surface area (Å²) in [5, 5.41) is 2.63. The molecule has 2 fully saturated rings. The fourth-order valence-corrected chi connectivity index (χ4v) is 2.65. The number of nitrogens with one attached hydrogen (secondary N) is 1. The summed E-state index contributed by atoms with van der Waals surface area (Å²) in [6.45, 7) is 1.54. The van der Waals surface area contributed by atoms with Gasteiger partial charge >= 0.3 is 6.09 Å². The monoisotopic (exact) mass is 260 g/mol. The highest BCUT2D eigenvalue weighted by molar-refractivity contribution is 5.89. The standard InChI is InChI=1S/C14H16N2O3/c17-13(16-8-4-5-9-16)11-12(19-14(18)15-11)10-6-2-1-3-7-10/h1-3,6-7,11-12H,4-5,8-9H2,(H,15,18). The van der Waals surface area contributed by atoms with Gasteiger partial charge in [0.15, 0.2) is 12.1 Å². The van der Waals surface area contributed by atoms with Gasteiger partial charge in [0, 0.05) is 13.1 Å². The van der Waals surface area contributed by atoms with Crippen LogP contribution in [0.1, 0.15) is 24.5 Å². The topological polar surface area (TPSA) is 58.6 Å². The highest BCUT2D eigenvalue weighted by atomic mass is 16.6. The predicted octanol–water partition coefficient (Wildman–Crippen LogP) is 1.46. The van der Waals surface area contributed by atoms with Gasteiger partial charge in [0.05, 0.1) is 0 Å². The number of ether oxygens (including phenoxy) is 1. The number of carbonyl (C=O) groups excluding carboxylic acids is 2. The number of rotatable bonds is 2. The molecule has 1 N–H and O–H groups in total. The molecule has 100 valence electrons. The van der Waals surface area contributed by atoms with Crippen LogP contribution < -0.4 is 5.32 Å². The normalized spacial score (nSPS) is 26.1. The maximum Gasteiger partial charge on any atom is 0.408 e. The molecule has 0 bridgehead atoms. The lowest BCUT2D eigenvalue weighted by Gasteiger charge is -2.22. The second-order valence-corrected chi connectivity index (χ2v) is 4.89. The Kier molecular flexibility index (Phi) is 3.11. The van der Waals surface area contributed by atoms with Crippen LogP contribution in [0.3, 0.4) is 0 Å². The third kappa shape index (κ3) is 2.28. The van der Waals surface area contributed by atoms with Gasteiger partial charge in [0.2, 0.25) is 5.91 Å². The van der Waals surface area contributed by atoms with E-state index < -0.39 is 18.2 Å². The molecular weight excluding hydrogens is 244 g/mol. The van der Waals surface area contributed by atoms with Crippen LogP contribution in [-0.4, -0.2) is 36.0 Å². The number of alkyl carbamates (subject to hydrolysis) is 1. The average molecular weight is 260 g/mol. The van der Waals surface area contributed by atoms with Crippen LogP contribution in [0.15, 0.2) is 30.3 Å². The summed E-state index contributed by atoms with van der Waals surface area (Å²) in [4.78, 5) is 25.7. The van der Waals surface area contributed by atoms with Gasteiger partial charge in [-0.15, -0.1) is 0 Å². The van der Waals surface area contributed by atoms with Gasteiger partial charge in [-0.05, 0) is 18.4 Å². The molecule has 5 nitrogen and oxygen atoms in total. The molecule has 5 heteroatoms. The SMILES string of the molecule is O=C1NC(C(=O)N2CCCC2)C(c2ccccc2)O1. The Balaban J connectivity index is 1.82. The fourth-order valence-electron chi connectivity index (χ4n) is 2.65. The first kappa shape index (κ1) is 12.0. The van der Waals surface area contributed by atoms with Crippen molar-refractivity contribution in [2.45, 2.75) is 25.0 Å². The lowest BCUT2D eigenvalue weighted by atomic mass is 10.0. The summed E-state index contributed by atoms with van der Waals surface area (Å²) in [5.41, 5.74) is 0.846. The Labute approximate surface area is 111 Å². The fraction of sp³-hybridized carbons (Fsp3) is 0.429. The zero-order valence-corrected chi connectivity index (χ0v) is 10.5. The zero-order chi connectivity index (χ0) is 13.2. The quantitative estimate of drug-likeness (QED) is 0.875. The molecule has 0 aliphatic carbocycles. The smallest absolute Gasteiger partial charge is 0.408 e. The van der Waals surface area contributed by atoms with Gasteiger partial charge in [-0.2, -0.15) is 0 Å². The molecular formula is C14H16N2O3. The van der Waals surface area contributed by atoms with E-state index in [0.717, 1.165) is 31.5 Å². The van der Waals surface area contributed by atoms with Crippen LogP contribution in [0, 0.1) is 0 Å². The third-order valence-electron chi connectivity index (χ3n) is 3.62. The molecule has 3 rings (SSSR count). The van der Waals surface area contributed by atoms with Crippen molar-refractivity contribution >= 4 is 12.0 Å². The molecule has 1 aromatic carbocycles. The highest BCUT2D eigenvalue weighted by Crippen LogP contribution is 2.28. The Hall–Kier alpha value is -2.04. The van der Waals surface area contributed by atoms with Crippen LogP contribution in [0.2, 0.25) is 0 Å². The van der Waals surface area contributed by atoms with Crippen molar-refractivity contribution in [2.75, 3.05) is 13.1 Å². The molecule has 0 radical (unpaired) electrons. The van der Waals surface area contributed by atoms with E-state index in [4.69, 9.17) is 4.74 Å². The second-order valence-electron chi connectivity index (χ2n) is 4.89. The van der Waals surface area contributed by atoms with Crippen LogP contribution in [0.4, 0.5) is 4.79 Å². The van der Waals surface area contributed by atoms with Crippen molar-refractivity contribution < 1.29 is 14.3 Å². The number of amides is 2. The van der Waals surface area contributed by atoms with Crippen LogP contribution in [0.5, 0.6) is 0 Å². The molecule has 2 aliphatic rings. The second kappa shape index (κ2) is 4.91. The first-order valence-corrected chi connectivity index (χ1v) is 6.56. The van der Waals surface area contributed by atoms with Crippen LogP contribution in [0.25, 0.3) is 0 Å². The lowest BCUT2D eigenvalue weighted by Crippen LogP contribution is -2.45. The van der Waals surface area contributed by atoms with Gasteiger partial charge in [-0.25, -0.2) is 4.79 Å². The van der Waals surface area contributed by atoms with E-state index in [-0.39, 0.29) is 5.91 Å². The molecule has 19 heavy (non-hydrogen) atoms. The lowest BCUT2D eigenvalue weighted by molar-refractivity contribution is -0.133. The first-order valence-electron chi connectivity index (χ1n) is 6.56. The summed E-state index contributed by atoms with van der Waals surface area (Å²) in [6, 6.07) is 8.78. The van der Waals surface area contributed by atoms with E-state index in [2.05, 4.69) is 5.32 Å². The first-order chi connectivity index (χ1) is 9.25. The van der Waals surface area contributed by atoms with Crippen molar-refractivity contribution in [3.63, 3.8) is 0 Å². The van der Waals surface area contributed by atoms with Gasteiger partial charge < -0.3 is 15.0 Å². The number of likely N-dealkylation sites (tertiary alicyclic amines) is 1. The zero-order valence-electron chi connectivity index (χ0n) is 10.5. The number of nitrogens with zero attached hydrogens (tertiary/aromatic N) is 1. The molecule has 2 saturated heterocycles. The predicted molar refractivity (Wildman–Crippen MR) is 68.4 cm³/mol. The Bertz CT molecular complexity index is 483. The van der Waals surface area contributed by atoms with Gasteiger partial charge in [0.1, 0.15) is 0 Å². The molecule has 0 spiro atoms. The summed E-state index contributed by atoms with van der Waals surface area (Å²) >= 11 is 0. The summed E-state index contributed by atoms with van der Waals surface area (Å²) in [7, 11) is 0. The van der Waals surface area contributed by atoms with E-state index in [1.54, 1.807) is 4.90 Å². The number of carbonyl (C=O) groups is 2. The average Bonchev–Trinajstić information content (AvgIpc) is 3.08. The van der Waals surface area contributed by atoms with E-state index in [0.29, 0.717) is 0 Å². The van der Waals surface area contributed by atoms with Gasteiger partial charge in [-0.3, -0.25) is 4.79 Å². The molecule has 2 heterocycles. The Morgan fingerprint density at radius 2 is 1.89 bits per heavy atom. The molecule has 2 atom stereocenters. The van der Waals surface area contributed by atoms with Gasteiger partial charge in [0.25, 0.3) is 0 Å². The molecule has 1 aromatic rings. The van der Waals surface area contributed by atoms with E-state index >= 15 is 0 Å². The van der Waals surface area contributed by atoms with Crippen molar-refractivity contribution in [2.24, 2.45) is 0 Å². The maximum absolute atomic E-state index is 12.4. The van der Waals surface area contributed by atoms with Crippen LogP contribution >= 0.6 is 0 Å². The van der Waals surface area contributed by atoms with Gasteiger partial charge in [-0.1, -0.05) is 30.3 Å². The minimum atomic E-state index is -0.604. The van der Waals surface area contributed by atoms with Crippen molar-refractivity contribution in [3.8, 4) is 0 Å². The number of hydrogen-bond acceptors (Lipinski definition) is 3.